The van der Waals surface area contributed by atoms with E-state index in [4.69, 9.17) is 4.74 Å². The van der Waals surface area contributed by atoms with Crippen LogP contribution in [-0.4, -0.2) is 36.0 Å². The molecule has 3 amide bonds. The first-order valence-corrected chi connectivity index (χ1v) is 10.1. The molecule has 150 valence electrons. The van der Waals surface area contributed by atoms with Crippen LogP contribution in [0, 0.1) is 5.92 Å². The van der Waals surface area contributed by atoms with Crippen molar-refractivity contribution in [2.75, 3.05) is 13.2 Å². The number of carbonyl (C=O) groups excluding carboxylic acids is 3. The van der Waals surface area contributed by atoms with Crippen LogP contribution in [0.4, 0.5) is 4.79 Å². The summed E-state index contributed by atoms with van der Waals surface area (Å²) in [5.74, 6) is -0.950. The van der Waals surface area contributed by atoms with Crippen LogP contribution >= 0.6 is 11.3 Å². The van der Waals surface area contributed by atoms with Crippen molar-refractivity contribution in [1.29, 1.82) is 0 Å². The molecule has 0 aliphatic rings. The van der Waals surface area contributed by atoms with Crippen LogP contribution in [-0.2, 0) is 16.0 Å². The van der Waals surface area contributed by atoms with E-state index in [1.807, 2.05) is 38.1 Å². The zero-order chi connectivity index (χ0) is 20.5. The highest BCUT2D eigenvalue weighted by Gasteiger charge is 2.16. The van der Waals surface area contributed by atoms with Gasteiger partial charge in [-0.05, 0) is 24.3 Å². The smallest absolute Gasteiger partial charge is 0.358 e. The summed E-state index contributed by atoms with van der Waals surface area (Å²) in [5, 5.41) is 6.97. The summed E-state index contributed by atoms with van der Waals surface area (Å²) in [4.78, 5) is 39.6. The van der Waals surface area contributed by atoms with Gasteiger partial charge in [-0.1, -0.05) is 45.0 Å². The van der Waals surface area contributed by atoms with Gasteiger partial charge in [-0.3, -0.25) is 10.1 Å². The average Bonchev–Trinajstić information content (AvgIpc) is 3.16. The first kappa shape index (κ1) is 21.6. The second kappa shape index (κ2) is 10.6. The van der Waals surface area contributed by atoms with Crippen LogP contribution in [0.1, 0.15) is 43.2 Å². The molecular weight excluding hydrogens is 378 g/mol. The number of rotatable bonds is 8. The lowest BCUT2D eigenvalue weighted by molar-refractivity contribution is -0.123. The first-order valence-electron chi connectivity index (χ1n) is 9.18. The van der Waals surface area contributed by atoms with E-state index < -0.39 is 24.5 Å². The van der Waals surface area contributed by atoms with E-state index in [1.165, 1.54) is 16.9 Å². The van der Waals surface area contributed by atoms with Crippen LogP contribution in [0.3, 0.4) is 0 Å². The molecule has 0 unspecified atom stereocenters. The van der Waals surface area contributed by atoms with Crippen LogP contribution in [0.5, 0.6) is 0 Å². The maximum atomic E-state index is 12.1. The number of esters is 1. The Morgan fingerprint density at radius 2 is 1.89 bits per heavy atom. The Hall–Kier alpha value is -2.74. The van der Waals surface area contributed by atoms with E-state index in [2.05, 4.69) is 22.5 Å². The molecule has 0 aliphatic heterocycles. The Morgan fingerprint density at radius 3 is 2.54 bits per heavy atom. The summed E-state index contributed by atoms with van der Waals surface area (Å²) in [7, 11) is 0. The standard InChI is InChI=1S/C20H25N3O4S/c1-4-14-5-7-15(8-6-14)18-22-16(12-28-18)19(25)27-11-17(24)23-20(26)21-10-9-13(2)3/h5-8,12-13H,4,9-11H2,1-3H3,(H2,21,23,24,26). The van der Waals surface area contributed by atoms with Gasteiger partial charge in [0.05, 0.1) is 0 Å². The summed E-state index contributed by atoms with van der Waals surface area (Å²) >= 11 is 1.32. The summed E-state index contributed by atoms with van der Waals surface area (Å²) in [6.07, 6.45) is 1.76. The summed E-state index contributed by atoms with van der Waals surface area (Å²) in [6.45, 7) is 6.08. The third-order valence-electron chi connectivity index (χ3n) is 3.92. The third-order valence-corrected chi connectivity index (χ3v) is 4.81. The lowest BCUT2D eigenvalue weighted by atomic mass is 10.1. The molecule has 1 aromatic carbocycles. The van der Waals surface area contributed by atoms with Gasteiger partial charge in [0, 0.05) is 17.5 Å². The number of hydrogen-bond donors (Lipinski definition) is 2. The number of urea groups is 1. The van der Waals surface area contributed by atoms with Gasteiger partial charge in [0.1, 0.15) is 5.01 Å². The van der Waals surface area contributed by atoms with Gasteiger partial charge in [-0.2, -0.15) is 0 Å². The van der Waals surface area contributed by atoms with Gasteiger partial charge < -0.3 is 10.1 Å². The van der Waals surface area contributed by atoms with Gasteiger partial charge in [0.2, 0.25) is 0 Å². The van der Waals surface area contributed by atoms with Gasteiger partial charge in [0.25, 0.3) is 5.91 Å². The molecule has 0 aliphatic carbocycles. The van der Waals surface area contributed by atoms with Crippen molar-refractivity contribution in [1.82, 2.24) is 15.6 Å². The molecule has 1 aromatic heterocycles. The van der Waals surface area contributed by atoms with Crippen molar-refractivity contribution in [3.63, 3.8) is 0 Å². The highest BCUT2D eigenvalue weighted by Crippen LogP contribution is 2.24. The molecule has 8 heteroatoms. The van der Waals surface area contributed by atoms with Gasteiger partial charge >= 0.3 is 12.0 Å². The fourth-order valence-corrected chi connectivity index (χ4v) is 3.06. The van der Waals surface area contributed by atoms with Crippen molar-refractivity contribution in [3.05, 3.63) is 40.9 Å². The van der Waals surface area contributed by atoms with Crippen molar-refractivity contribution in [3.8, 4) is 10.6 Å². The highest BCUT2D eigenvalue weighted by atomic mass is 32.1. The van der Waals surface area contributed by atoms with E-state index >= 15 is 0 Å². The Morgan fingerprint density at radius 1 is 1.18 bits per heavy atom. The van der Waals surface area contributed by atoms with Gasteiger partial charge in [0.15, 0.2) is 12.3 Å². The molecule has 0 radical (unpaired) electrons. The minimum atomic E-state index is -0.706. The number of carbonyl (C=O) groups is 3. The predicted octanol–water partition coefficient (Wildman–Crippen LogP) is 3.40. The number of ether oxygens (including phenoxy) is 1. The van der Waals surface area contributed by atoms with E-state index in [1.54, 1.807) is 5.38 Å². The Balaban J connectivity index is 1.80. The number of benzene rings is 1. The number of aromatic nitrogens is 1. The quantitative estimate of drug-likeness (QED) is 0.659. The third kappa shape index (κ3) is 6.77. The molecule has 0 atom stereocenters. The number of thiazole rings is 1. The zero-order valence-corrected chi connectivity index (χ0v) is 17.1. The van der Waals surface area contributed by atoms with Crippen molar-refractivity contribution >= 4 is 29.2 Å². The van der Waals surface area contributed by atoms with Gasteiger partial charge in [-0.25, -0.2) is 14.6 Å². The molecule has 2 rings (SSSR count). The SMILES string of the molecule is CCc1ccc(-c2nc(C(=O)OCC(=O)NC(=O)NCCC(C)C)cs2)cc1. The second-order valence-corrected chi connectivity index (χ2v) is 7.51. The van der Waals surface area contributed by atoms with E-state index in [0.29, 0.717) is 17.5 Å². The molecular formula is C20H25N3O4S. The van der Waals surface area contributed by atoms with Crippen LogP contribution in [0.25, 0.3) is 10.6 Å². The Kier molecular flexibility index (Phi) is 8.13. The summed E-state index contributed by atoms with van der Waals surface area (Å²) in [6, 6.07) is 7.35. The minimum absolute atomic E-state index is 0.133. The highest BCUT2D eigenvalue weighted by molar-refractivity contribution is 7.13. The number of aryl methyl sites for hydroxylation is 1. The Bertz CT molecular complexity index is 815. The number of nitrogens with one attached hydrogen (secondary N) is 2. The number of amides is 3. The summed E-state index contributed by atoms with van der Waals surface area (Å²) in [5.41, 5.74) is 2.27. The van der Waals surface area contributed by atoms with Gasteiger partial charge in [-0.15, -0.1) is 11.3 Å². The zero-order valence-electron chi connectivity index (χ0n) is 16.3. The monoisotopic (exact) mass is 403 g/mol. The molecule has 2 aromatic rings. The molecule has 0 spiro atoms. The molecule has 2 N–H and O–H groups in total. The molecule has 0 fully saturated rings. The topological polar surface area (TPSA) is 97.4 Å². The molecule has 0 saturated carbocycles. The fraction of sp³-hybridized carbons (Fsp3) is 0.400. The van der Waals surface area contributed by atoms with Crippen LogP contribution < -0.4 is 10.6 Å². The number of hydrogen-bond acceptors (Lipinski definition) is 6. The van der Waals surface area contributed by atoms with Crippen molar-refractivity contribution < 1.29 is 19.1 Å². The minimum Gasteiger partial charge on any atom is -0.451 e. The van der Waals surface area contributed by atoms with Crippen molar-refractivity contribution in [2.45, 2.75) is 33.6 Å². The second-order valence-electron chi connectivity index (χ2n) is 6.65. The lowest BCUT2D eigenvalue weighted by Crippen LogP contribution is -2.42. The van der Waals surface area contributed by atoms with E-state index in [-0.39, 0.29) is 5.69 Å². The first-order chi connectivity index (χ1) is 13.4. The molecule has 7 nitrogen and oxygen atoms in total. The molecule has 1 heterocycles. The average molecular weight is 404 g/mol. The maximum Gasteiger partial charge on any atom is 0.358 e. The largest absolute Gasteiger partial charge is 0.451 e. The maximum absolute atomic E-state index is 12.1. The van der Waals surface area contributed by atoms with Crippen LogP contribution in [0.15, 0.2) is 29.6 Å². The van der Waals surface area contributed by atoms with E-state index in [9.17, 15) is 14.4 Å². The Labute approximate surface area is 168 Å². The summed E-state index contributed by atoms with van der Waals surface area (Å²) < 4.78 is 4.93. The number of imide groups is 1. The normalized spacial score (nSPS) is 10.6. The van der Waals surface area contributed by atoms with E-state index in [0.717, 1.165) is 18.4 Å². The molecule has 28 heavy (non-hydrogen) atoms. The predicted molar refractivity (Wildman–Crippen MR) is 108 cm³/mol. The number of nitrogens with zero attached hydrogens (tertiary/aromatic N) is 1. The lowest BCUT2D eigenvalue weighted by Gasteiger charge is -2.08. The van der Waals surface area contributed by atoms with Crippen molar-refractivity contribution in [2.24, 2.45) is 5.92 Å². The molecule has 0 saturated heterocycles. The molecule has 0 bridgehead atoms. The van der Waals surface area contributed by atoms with Crippen LogP contribution in [0.2, 0.25) is 0 Å². The fourth-order valence-electron chi connectivity index (χ4n) is 2.27.